The highest BCUT2D eigenvalue weighted by Crippen LogP contribution is 2.31. The molecule has 2 aliphatic heterocycles. The molecule has 1 aromatic carbocycles. The predicted octanol–water partition coefficient (Wildman–Crippen LogP) is 2.52. The van der Waals surface area contributed by atoms with Crippen molar-refractivity contribution in [2.75, 3.05) is 18.5 Å². The third-order valence-corrected chi connectivity index (χ3v) is 3.91. The maximum Gasteiger partial charge on any atom is 0.350 e. The normalized spacial score (nSPS) is 20.2. The average Bonchev–Trinajstić information content (AvgIpc) is 2.56. The number of hydrogen-bond donors (Lipinski definition) is 1. The van der Waals surface area contributed by atoms with Crippen LogP contribution in [0.2, 0.25) is 0 Å². The number of benzene rings is 1. The van der Waals surface area contributed by atoms with Crippen LogP contribution in [0.3, 0.4) is 0 Å². The van der Waals surface area contributed by atoms with Crippen LogP contribution < -0.4 is 10.1 Å². The summed E-state index contributed by atoms with van der Waals surface area (Å²) in [5.74, 6) is -3.32. The van der Waals surface area contributed by atoms with E-state index in [0.29, 0.717) is 26.1 Å². The summed E-state index contributed by atoms with van der Waals surface area (Å²) in [5, 5.41) is 2.63. The molecule has 0 aliphatic carbocycles. The second-order valence-electron chi connectivity index (χ2n) is 6.42. The fourth-order valence-corrected chi connectivity index (χ4v) is 2.64. The van der Waals surface area contributed by atoms with Crippen molar-refractivity contribution in [1.29, 1.82) is 0 Å². The Labute approximate surface area is 150 Å². The van der Waals surface area contributed by atoms with Gasteiger partial charge in [0.25, 0.3) is 5.79 Å². The monoisotopic (exact) mass is 365 g/mol. The summed E-state index contributed by atoms with van der Waals surface area (Å²) in [7, 11) is 0. The van der Waals surface area contributed by atoms with Crippen molar-refractivity contribution >= 4 is 17.6 Å². The molecule has 1 aromatic rings. The van der Waals surface area contributed by atoms with E-state index in [-0.39, 0.29) is 23.1 Å². The molecule has 1 N–H and O–H groups in total. The molecule has 0 saturated carbocycles. The number of hydrogen-bond acceptors (Lipinski definition) is 7. The molecule has 2 heterocycles. The van der Waals surface area contributed by atoms with Gasteiger partial charge in [-0.25, -0.2) is 14.0 Å². The lowest BCUT2D eigenvalue weighted by Gasteiger charge is -2.29. The molecule has 0 radical (unpaired) electrons. The Kier molecular flexibility index (Phi) is 5.13. The lowest BCUT2D eigenvalue weighted by molar-refractivity contribution is -0.222. The molecule has 2 saturated heterocycles. The van der Waals surface area contributed by atoms with Gasteiger partial charge in [0.15, 0.2) is 5.57 Å². The third kappa shape index (κ3) is 4.13. The van der Waals surface area contributed by atoms with Crippen molar-refractivity contribution < 1.29 is 32.9 Å². The van der Waals surface area contributed by atoms with Crippen LogP contribution in [0.25, 0.3) is 0 Å². The minimum Gasteiger partial charge on any atom is -0.488 e. The number of halogens is 1. The molecule has 2 fully saturated rings. The van der Waals surface area contributed by atoms with E-state index >= 15 is 0 Å². The second-order valence-corrected chi connectivity index (χ2v) is 6.42. The standard InChI is InChI=1S/C18H20FNO6/c1-18(2)25-16(21)12(17(22)26-18)10-20-15-13(19)4-3-5-14(15)24-11-6-8-23-9-7-11/h3-5,10-11,20H,6-9H2,1-2H3. The van der Waals surface area contributed by atoms with E-state index in [1.165, 1.54) is 26.0 Å². The van der Waals surface area contributed by atoms with Gasteiger partial charge in [-0.3, -0.25) is 0 Å². The molecular formula is C18H20FNO6. The van der Waals surface area contributed by atoms with E-state index in [4.69, 9.17) is 18.9 Å². The highest BCUT2D eigenvalue weighted by molar-refractivity contribution is 6.15. The number of para-hydroxylation sites is 1. The summed E-state index contributed by atoms with van der Waals surface area (Å²) >= 11 is 0. The topological polar surface area (TPSA) is 83.1 Å². The first kappa shape index (κ1) is 18.2. The van der Waals surface area contributed by atoms with Crippen LogP contribution in [0, 0.1) is 5.82 Å². The molecule has 3 rings (SSSR count). The number of nitrogens with one attached hydrogen (secondary N) is 1. The van der Waals surface area contributed by atoms with E-state index in [1.807, 2.05) is 0 Å². The number of carbonyl (C=O) groups is 2. The van der Waals surface area contributed by atoms with Crippen LogP contribution in [0.1, 0.15) is 26.7 Å². The number of carbonyl (C=O) groups excluding carboxylic acids is 2. The molecule has 0 bridgehead atoms. The Morgan fingerprint density at radius 2 is 1.85 bits per heavy atom. The Bertz CT molecular complexity index is 717. The van der Waals surface area contributed by atoms with Crippen LogP contribution in [-0.4, -0.2) is 37.0 Å². The van der Waals surface area contributed by atoms with Gasteiger partial charge in [0.1, 0.15) is 23.4 Å². The largest absolute Gasteiger partial charge is 0.488 e. The van der Waals surface area contributed by atoms with E-state index in [0.717, 1.165) is 6.20 Å². The van der Waals surface area contributed by atoms with E-state index in [1.54, 1.807) is 6.07 Å². The summed E-state index contributed by atoms with van der Waals surface area (Å²) in [4.78, 5) is 23.9. The first-order chi connectivity index (χ1) is 12.4. The molecule has 0 spiro atoms. The molecule has 8 heteroatoms. The fourth-order valence-electron chi connectivity index (χ4n) is 2.64. The maximum absolute atomic E-state index is 14.2. The zero-order valence-corrected chi connectivity index (χ0v) is 14.5. The van der Waals surface area contributed by atoms with Gasteiger partial charge in [-0.2, -0.15) is 0 Å². The van der Waals surface area contributed by atoms with Crippen molar-refractivity contribution in [3.05, 3.63) is 35.8 Å². The van der Waals surface area contributed by atoms with Crippen molar-refractivity contribution in [1.82, 2.24) is 0 Å². The highest BCUT2D eigenvalue weighted by atomic mass is 19.1. The first-order valence-electron chi connectivity index (χ1n) is 8.32. The predicted molar refractivity (Wildman–Crippen MR) is 88.8 cm³/mol. The van der Waals surface area contributed by atoms with Gasteiger partial charge in [-0.05, 0) is 12.1 Å². The van der Waals surface area contributed by atoms with Crippen molar-refractivity contribution in [2.45, 2.75) is 38.6 Å². The second kappa shape index (κ2) is 7.33. The minimum atomic E-state index is -1.33. The van der Waals surface area contributed by atoms with E-state index in [2.05, 4.69) is 5.32 Å². The van der Waals surface area contributed by atoms with Gasteiger partial charge < -0.3 is 24.3 Å². The van der Waals surface area contributed by atoms with Gasteiger partial charge in [-0.15, -0.1) is 0 Å². The van der Waals surface area contributed by atoms with Crippen LogP contribution >= 0.6 is 0 Å². The number of esters is 2. The smallest absolute Gasteiger partial charge is 0.350 e. The molecule has 0 aromatic heterocycles. The average molecular weight is 365 g/mol. The molecule has 140 valence electrons. The molecular weight excluding hydrogens is 345 g/mol. The third-order valence-electron chi connectivity index (χ3n) is 3.91. The highest BCUT2D eigenvalue weighted by Gasteiger charge is 2.39. The molecule has 2 aliphatic rings. The Morgan fingerprint density at radius 1 is 1.19 bits per heavy atom. The number of anilines is 1. The van der Waals surface area contributed by atoms with E-state index in [9.17, 15) is 14.0 Å². The van der Waals surface area contributed by atoms with Gasteiger partial charge in [0, 0.05) is 32.9 Å². The molecule has 0 amide bonds. The summed E-state index contributed by atoms with van der Waals surface area (Å²) < 4.78 is 35.4. The van der Waals surface area contributed by atoms with Gasteiger partial charge in [0.05, 0.1) is 13.2 Å². The van der Waals surface area contributed by atoms with Crippen LogP contribution in [0.5, 0.6) is 5.75 Å². The lowest BCUT2D eigenvalue weighted by atomic mass is 10.1. The molecule has 26 heavy (non-hydrogen) atoms. The molecule has 7 nitrogen and oxygen atoms in total. The van der Waals surface area contributed by atoms with Crippen molar-refractivity contribution in [3.63, 3.8) is 0 Å². The number of rotatable bonds is 4. The maximum atomic E-state index is 14.2. The van der Waals surface area contributed by atoms with E-state index < -0.39 is 23.5 Å². The quantitative estimate of drug-likeness (QED) is 0.499. The minimum absolute atomic E-state index is 0.0249. The SMILES string of the molecule is CC1(C)OC(=O)C(=CNc2c(F)cccc2OC2CCOCC2)C(=O)O1. The Balaban J connectivity index is 1.79. The Morgan fingerprint density at radius 3 is 2.50 bits per heavy atom. The zero-order chi connectivity index (χ0) is 18.7. The summed E-state index contributed by atoms with van der Waals surface area (Å²) in [6.07, 6.45) is 2.37. The number of ether oxygens (including phenoxy) is 4. The van der Waals surface area contributed by atoms with Gasteiger partial charge >= 0.3 is 11.9 Å². The lowest BCUT2D eigenvalue weighted by Crippen LogP contribution is -2.42. The van der Waals surface area contributed by atoms with Crippen molar-refractivity contribution in [2.24, 2.45) is 0 Å². The summed E-state index contributed by atoms with van der Waals surface area (Å²) in [6.45, 7) is 4.06. The molecule has 0 unspecified atom stereocenters. The van der Waals surface area contributed by atoms with Gasteiger partial charge in [-0.1, -0.05) is 6.07 Å². The van der Waals surface area contributed by atoms with Crippen LogP contribution in [0.15, 0.2) is 30.0 Å². The summed E-state index contributed by atoms with van der Waals surface area (Å²) in [6, 6.07) is 4.38. The fraction of sp³-hybridized carbons (Fsp3) is 0.444. The molecule has 0 atom stereocenters. The first-order valence-corrected chi connectivity index (χ1v) is 8.32. The van der Waals surface area contributed by atoms with Crippen molar-refractivity contribution in [3.8, 4) is 5.75 Å². The van der Waals surface area contributed by atoms with Crippen LogP contribution in [-0.2, 0) is 23.8 Å². The van der Waals surface area contributed by atoms with Crippen LogP contribution in [0.4, 0.5) is 10.1 Å². The Hall–Kier alpha value is -2.61. The number of cyclic esters (lactones) is 2. The van der Waals surface area contributed by atoms with Gasteiger partial charge in [0.2, 0.25) is 0 Å². The zero-order valence-electron chi connectivity index (χ0n) is 14.5. The summed E-state index contributed by atoms with van der Waals surface area (Å²) in [5.41, 5.74) is -0.332.